The summed E-state index contributed by atoms with van der Waals surface area (Å²) < 4.78 is 69.1. The molecule has 6 atom stereocenters. The van der Waals surface area contributed by atoms with Gasteiger partial charge in [-0.15, -0.1) is 11.3 Å². The number of fused-ring (bicyclic) bond motifs is 3. The van der Waals surface area contributed by atoms with Crippen LogP contribution in [0.15, 0.2) is 66.7 Å². The van der Waals surface area contributed by atoms with Gasteiger partial charge in [0.15, 0.2) is 0 Å². The average molecular weight is 1290 g/mol. The quantitative estimate of drug-likeness (QED) is 0.0348. The van der Waals surface area contributed by atoms with Crippen molar-refractivity contribution in [1.29, 1.82) is 0 Å². The van der Waals surface area contributed by atoms with E-state index in [0.29, 0.717) is 44.7 Å². The molecule has 0 bridgehead atoms. The number of nitrogens with one attached hydrogen (secondary N) is 4. The molecule has 6 aliphatic rings. The Labute approximate surface area is 518 Å². The van der Waals surface area contributed by atoms with Gasteiger partial charge >= 0.3 is 13.3 Å². The van der Waals surface area contributed by atoms with E-state index < -0.39 is 134 Å². The predicted molar refractivity (Wildman–Crippen MR) is 319 cm³/mol. The van der Waals surface area contributed by atoms with Crippen molar-refractivity contribution in [2.75, 3.05) is 50.7 Å². The van der Waals surface area contributed by atoms with Gasteiger partial charge in [-0.25, -0.2) is 8.78 Å². The van der Waals surface area contributed by atoms with Crippen LogP contribution in [0.4, 0.5) is 23.2 Å². The first kappa shape index (κ1) is 65.3. The van der Waals surface area contributed by atoms with Crippen molar-refractivity contribution in [3.05, 3.63) is 99.4 Å². The Bertz CT molecular complexity index is 3560. The third-order valence-corrected chi connectivity index (χ3v) is 20.4. The first-order chi connectivity index (χ1) is 42.7. The Morgan fingerprint density at radius 3 is 2.24 bits per heavy atom. The van der Waals surface area contributed by atoms with Gasteiger partial charge in [0.2, 0.25) is 41.4 Å². The molecule has 23 nitrogen and oxygen atoms in total. The summed E-state index contributed by atoms with van der Waals surface area (Å²) in [4.78, 5) is 163. The van der Waals surface area contributed by atoms with Crippen molar-refractivity contribution >= 4 is 93.8 Å². The number of benzene rings is 3. The van der Waals surface area contributed by atoms with Gasteiger partial charge in [-0.2, -0.15) is 8.78 Å². The number of piperidine rings is 2. The van der Waals surface area contributed by atoms with Crippen LogP contribution in [0.1, 0.15) is 131 Å². The first-order valence-electron chi connectivity index (χ1n) is 30.2. The third-order valence-electron chi connectivity index (χ3n) is 18.3. The van der Waals surface area contributed by atoms with Crippen molar-refractivity contribution in [2.24, 2.45) is 11.1 Å². The minimum atomic E-state index is -5.94. The zero-order chi connectivity index (χ0) is 64.6. The highest BCUT2D eigenvalue weighted by Crippen LogP contribution is 2.59. The Kier molecular flexibility index (Phi) is 19.3. The maximum atomic E-state index is 14.9. The Balaban J connectivity index is 0.833. The number of likely N-dealkylation sites (tertiary alicyclic amines) is 1. The maximum absolute atomic E-state index is 14.9. The fourth-order valence-electron chi connectivity index (χ4n) is 13.3. The number of alkyl halides is 4. The largest absolute Gasteiger partial charge is 0.399 e. The number of imide groups is 2. The summed E-state index contributed by atoms with van der Waals surface area (Å²) in [7, 11) is -5.94. The van der Waals surface area contributed by atoms with Crippen LogP contribution in [0.2, 0.25) is 0 Å². The number of nitrogens with zero attached hydrogens (tertiary/aromatic N) is 5. The molecular formula is C61H71F4N10O13PS. The van der Waals surface area contributed by atoms with Crippen LogP contribution in [-0.2, 0) is 56.6 Å². The van der Waals surface area contributed by atoms with E-state index in [0.717, 1.165) is 71.2 Å². The number of thiophene rings is 1. The highest BCUT2D eigenvalue weighted by Gasteiger charge is 2.52. The minimum absolute atomic E-state index is 0.00797. The number of aryl methyl sites for hydroxylation is 1. The van der Waals surface area contributed by atoms with E-state index in [9.17, 15) is 79.9 Å². The predicted octanol–water partition coefficient (Wildman–Crippen LogP) is 4.30. The molecule has 0 radical (unpaired) electrons. The SMILES string of the molecule is CCCCc1ccc(C[C@H](NC(=O)[C@H](CCC(N)=O)NC(=O)[C@@H]2CC[C@@H]3CCN(CC(F)F)C[C@H](NC(=O)c4cc5cc(C(F)(F)P(=O)(O)O)ccc5s4)C(=O)N32)C(=O)N2CCC3(CC2)CCN(c2ccc4c(c2)C(=O)N(C2CCC(=O)NC2=O)C4=O)C3)cc1. The average Bonchev–Trinajstić information content (AvgIpc) is 1.62. The number of carbonyl (C=O) groups excluding carboxylic acids is 10. The molecule has 90 heavy (non-hydrogen) atoms. The van der Waals surface area contributed by atoms with Gasteiger partial charge in [0, 0.05) is 80.5 Å². The summed E-state index contributed by atoms with van der Waals surface area (Å²) in [5.74, 6) is -6.95. The minimum Gasteiger partial charge on any atom is -0.371 e. The molecule has 1 spiro atoms. The van der Waals surface area contributed by atoms with Crippen molar-refractivity contribution in [3.63, 3.8) is 0 Å². The summed E-state index contributed by atoms with van der Waals surface area (Å²) >= 11 is 0.810. The maximum Gasteiger partial charge on any atom is 0.399 e. The monoisotopic (exact) mass is 1290 g/mol. The Morgan fingerprint density at radius 2 is 1.56 bits per heavy atom. The van der Waals surface area contributed by atoms with Crippen LogP contribution >= 0.6 is 18.9 Å². The lowest BCUT2D eigenvalue weighted by Crippen LogP contribution is -2.62. The van der Waals surface area contributed by atoms with Crippen molar-refractivity contribution < 1.29 is 79.9 Å². The summed E-state index contributed by atoms with van der Waals surface area (Å²) in [6.07, 6.45) is 1.65. The molecule has 1 aromatic heterocycles. The molecule has 6 aliphatic heterocycles. The lowest BCUT2D eigenvalue weighted by Gasteiger charge is -2.40. The van der Waals surface area contributed by atoms with Crippen LogP contribution < -0.4 is 31.9 Å². The lowest BCUT2D eigenvalue weighted by molar-refractivity contribution is -0.144. The number of anilines is 1. The van der Waals surface area contributed by atoms with Crippen molar-refractivity contribution in [1.82, 2.24) is 40.9 Å². The number of unbranched alkanes of at least 4 members (excludes halogenated alkanes) is 1. The zero-order valence-corrected chi connectivity index (χ0v) is 51.0. The van der Waals surface area contributed by atoms with Gasteiger partial charge < -0.3 is 46.2 Å². The summed E-state index contributed by atoms with van der Waals surface area (Å²) in [6, 6.07) is 9.36. The summed E-state index contributed by atoms with van der Waals surface area (Å²) in [5.41, 5.74) is 2.64. The second-order valence-electron chi connectivity index (χ2n) is 24.3. The Morgan fingerprint density at radius 1 is 0.844 bits per heavy atom. The van der Waals surface area contributed by atoms with Crippen LogP contribution in [0.25, 0.3) is 10.1 Å². The smallest absolute Gasteiger partial charge is 0.371 e. The van der Waals surface area contributed by atoms with Gasteiger partial charge in [-0.3, -0.25) is 67.6 Å². The molecule has 5 saturated heterocycles. The molecule has 482 valence electrons. The topological polar surface area (TPSA) is 319 Å². The highest BCUT2D eigenvalue weighted by molar-refractivity contribution is 7.52. The molecular weight excluding hydrogens is 1220 g/mol. The summed E-state index contributed by atoms with van der Waals surface area (Å²) in [5, 5.41) is 10.4. The number of carbonyl (C=O) groups is 10. The molecule has 1 unspecified atom stereocenters. The number of nitrogens with two attached hydrogens (primary N) is 1. The van der Waals surface area contributed by atoms with E-state index in [-0.39, 0.29) is 89.4 Å². The highest BCUT2D eigenvalue weighted by atomic mass is 32.1. The zero-order valence-electron chi connectivity index (χ0n) is 49.3. The number of amides is 10. The lowest BCUT2D eigenvalue weighted by atomic mass is 9.77. The van der Waals surface area contributed by atoms with E-state index in [1.54, 1.807) is 23.1 Å². The van der Waals surface area contributed by atoms with Gasteiger partial charge in [0.1, 0.15) is 30.2 Å². The third kappa shape index (κ3) is 14.0. The van der Waals surface area contributed by atoms with Crippen molar-refractivity contribution in [2.45, 2.75) is 145 Å². The molecule has 4 aromatic rings. The fourth-order valence-corrected chi connectivity index (χ4v) is 14.7. The number of primary amides is 1. The number of hydrogen-bond acceptors (Lipinski definition) is 14. The molecule has 10 amide bonds. The number of rotatable bonds is 21. The van der Waals surface area contributed by atoms with Crippen LogP contribution in [0, 0.1) is 5.41 Å². The van der Waals surface area contributed by atoms with E-state index in [4.69, 9.17) is 5.73 Å². The molecule has 0 saturated carbocycles. The summed E-state index contributed by atoms with van der Waals surface area (Å²) in [6.45, 7) is 2.74. The Hall–Kier alpha value is -7.65. The number of hydrogen-bond donors (Lipinski definition) is 7. The molecule has 7 heterocycles. The normalized spacial score (nSPS) is 22.1. The molecule has 3 aromatic carbocycles. The standard InChI is InChI=1S/C61H71F4N10O13PS/c1-2-3-4-34-5-7-35(8-6-34)27-43(58(84)72-24-20-60(21-25-72)22-26-73(33-60)39-10-12-40-41(30-39)57(83)75(56(40)82)46-15-18-51(77)70-54(46)80)68-52(78)42(13-17-50(66)76)67-53(79)45-14-11-38-19-23-71(32-49(62)63)31-44(59(85)74(38)45)69-55(81)48-29-36-28-37(9-16-47(36)90-48)61(64,65)89(86,87)88/h5-10,12,16,28-30,38,42-46,49H,2-4,11,13-15,17-27,31-33H2,1H3,(H2,66,76)(H,67,79)(H,68,78)(H,69,81)(H,70,77,80)(H2,86,87,88)/t38-,42+,43+,44+,45+,46?/m1/s1. The van der Waals surface area contributed by atoms with Gasteiger partial charge in [0.25, 0.3) is 24.1 Å². The van der Waals surface area contributed by atoms with E-state index in [2.05, 4.69) is 33.1 Å². The van der Waals surface area contributed by atoms with Gasteiger partial charge in [-0.05, 0) is 123 Å². The molecule has 5 fully saturated rings. The van der Waals surface area contributed by atoms with Gasteiger partial charge in [0.05, 0.1) is 22.5 Å². The second kappa shape index (κ2) is 26.7. The molecule has 0 aliphatic carbocycles. The molecule has 8 N–H and O–H groups in total. The first-order valence-corrected chi connectivity index (χ1v) is 32.6. The van der Waals surface area contributed by atoms with Crippen LogP contribution in [-0.4, -0.2) is 177 Å². The van der Waals surface area contributed by atoms with E-state index in [1.165, 1.54) is 15.9 Å². The van der Waals surface area contributed by atoms with Crippen molar-refractivity contribution in [3.8, 4) is 0 Å². The van der Waals surface area contributed by atoms with Crippen LogP contribution in [0.5, 0.6) is 0 Å². The van der Waals surface area contributed by atoms with Crippen LogP contribution in [0.3, 0.4) is 0 Å². The fraction of sp³-hybridized carbons (Fsp3) is 0.508. The van der Waals surface area contributed by atoms with E-state index in [1.807, 2.05) is 24.3 Å². The second-order valence-corrected chi connectivity index (χ2v) is 27.1. The van der Waals surface area contributed by atoms with E-state index >= 15 is 0 Å². The number of halogens is 4. The van der Waals surface area contributed by atoms with Gasteiger partial charge in [-0.1, -0.05) is 43.7 Å². The molecule has 29 heteroatoms. The molecule has 10 rings (SSSR count).